The number of aryl methyl sites for hydroxylation is 1. The molecule has 0 radical (unpaired) electrons. The van der Waals surface area contributed by atoms with Crippen molar-refractivity contribution in [3.63, 3.8) is 0 Å². The lowest BCUT2D eigenvalue weighted by Gasteiger charge is -2.24. The van der Waals surface area contributed by atoms with E-state index in [1.54, 1.807) is 0 Å². The fourth-order valence-electron chi connectivity index (χ4n) is 2.00. The van der Waals surface area contributed by atoms with Crippen LogP contribution in [0.3, 0.4) is 0 Å². The standard InChI is InChI=1S/C16H24N2OS/c1-12(2)11-18(9-8-15(17)20)16(19)10-14-6-4-13(3)5-7-14/h4-7,12H,8-11H2,1-3H3,(H2,17,20). The van der Waals surface area contributed by atoms with Gasteiger partial charge < -0.3 is 10.6 Å². The molecule has 0 saturated carbocycles. The van der Waals surface area contributed by atoms with Gasteiger partial charge in [-0.25, -0.2) is 0 Å². The van der Waals surface area contributed by atoms with Crippen molar-refractivity contribution in [2.24, 2.45) is 11.7 Å². The fourth-order valence-corrected chi connectivity index (χ4v) is 2.09. The Bertz CT molecular complexity index is 454. The Hall–Kier alpha value is -1.42. The zero-order valence-corrected chi connectivity index (χ0v) is 13.4. The second-order valence-corrected chi connectivity index (χ2v) is 6.14. The van der Waals surface area contributed by atoms with E-state index in [1.807, 2.05) is 36.1 Å². The van der Waals surface area contributed by atoms with E-state index in [0.717, 1.165) is 12.1 Å². The Morgan fingerprint density at radius 3 is 2.40 bits per heavy atom. The molecule has 2 N–H and O–H groups in total. The third kappa shape index (κ3) is 6.15. The van der Waals surface area contributed by atoms with E-state index < -0.39 is 0 Å². The van der Waals surface area contributed by atoms with Crippen LogP contribution in [0.25, 0.3) is 0 Å². The summed E-state index contributed by atoms with van der Waals surface area (Å²) in [7, 11) is 0. The van der Waals surface area contributed by atoms with Gasteiger partial charge in [0.05, 0.1) is 11.4 Å². The molecular formula is C16H24N2OS. The fraction of sp³-hybridized carbons (Fsp3) is 0.500. The van der Waals surface area contributed by atoms with Gasteiger partial charge in [-0.05, 0) is 18.4 Å². The maximum Gasteiger partial charge on any atom is 0.227 e. The van der Waals surface area contributed by atoms with Crippen LogP contribution in [0.5, 0.6) is 0 Å². The van der Waals surface area contributed by atoms with Gasteiger partial charge in [-0.1, -0.05) is 55.9 Å². The summed E-state index contributed by atoms with van der Waals surface area (Å²) in [5.41, 5.74) is 7.78. The van der Waals surface area contributed by atoms with E-state index in [0.29, 0.717) is 30.3 Å². The Balaban J connectivity index is 2.66. The number of rotatable bonds is 7. The average molecular weight is 292 g/mol. The monoisotopic (exact) mass is 292 g/mol. The molecule has 4 heteroatoms. The first-order valence-corrected chi connectivity index (χ1v) is 7.41. The van der Waals surface area contributed by atoms with E-state index in [2.05, 4.69) is 13.8 Å². The van der Waals surface area contributed by atoms with Crippen LogP contribution in [-0.4, -0.2) is 28.9 Å². The summed E-state index contributed by atoms with van der Waals surface area (Å²) < 4.78 is 0. The number of carbonyl (C=O) groups is 1. The number of amides is 1. The number of hydrogen-bond donors (Lipinski definition) is 1. The third-order valence-corrected chi connectivity index (χ3v) is 3.25. The van der Waals surface area contributed by atoms with Crippen molar-refractivity contribution in [3.05, 3.63) is 35.4 Å². The topological polar surface area (TPSA) is 46.3 Å². The summed E-state index contributed by atoms with van der Waals surface area (Å²) >= 11 is 4.90. The van der Waals surface area contributed by atoms with Crippen molar-refractivity contribution < 1.29 is 4.79 Å². The highest BCUT2D eigenvalue weighted by Crippen LogP contribution is 2.08. The van der Waals surface area contributed by atoms with E-state index in [9.17, 15) is 4.79 Å². The molecule has 110 valence electrons. The van der Waals surface area contributed by atoms with Gasteiger partial charge in [0.15, 0.2) is 0 Å². The number of carbonyl (C=O) groups excluding carboxylic acids is 1. The lowest BCUT2D eigenvalue weighted by molar-refractivity contribution is -0.130. The molecule has 0 atom stereocenters. The van der Waals surface area contributed by atoms with Gasteiger partial charge in [0.25, 0.3) is 0 Å². The highest BCUT2D eigenvalue weighted by atomic mass is 32.1. The molecule has 1 rings (SSSR count). The second-order valence-electron chi connectivity index (χ2n) is 5.61. The van der Waals surface area contributed by atoms with Gasteiger partial charge in [-0.15, -0.1) is 0 Å². The van der Waals surface area contributed by atoms with Gasteiger partial charge in [0, 0.05) is 19.5 Å². The molecule has 0 saturated heterocycles. The van der Waals surface area contributed by atoms with Crippen LogP contribution < -0.4 is 5.73 Å². The summed E-state index contributed by atoms with van der Waals surface area (Å²) in [6, 6.07) is 8.08. The molecular weight excluding hydrogens is 268 g/mol. The first-order chi connectivity index (χ1) is 9.38. The largest absolute Gasteiger partial charge is 0.393 e. The normalized spacial score (nSPS) is 10.6. The Labute approximate surface area is 127 Å². The highest BCUT2D eigenvalue weighted by Gasteiger charge is 2.15. The predicted molar refractivity (Wildman–Crippen MR) is 87.7 cm³/mol. The number of benzene rings is 1. The summed E-state index contributed by atoms with van der Waals surface area (Å²) in [4.78, 5) is 14.7. The lowest BCUT2D eigenvalue weighted by Crippen LogP contribution is -2.37. The minimum atomic E-state index is 0.138. The first-order valence-electron chi connectivity index (χ1n) is 7.00. The molecule has 0 bridgehead atoms. The van der Waals surface area contributed by atoms with Gasteiger partial charge in [-0.2, -0.15) is 0 Å². The Morgan fingerprint density at radius 2 is 1.90 bits per heavy atom. The molecule has 1 aromatic carbocycles. The van der Waals surface area contributed by atoms with E-state index >= 15 is 0 Å². The average Bonchev–Trinajstić information content (AvgIpc) is 2.36. The number of nitrogens with two attached hydrogens (primary N) is 1. The van der Waals surface area contributed by atoms with Crippen LogP contribution in [0.4, 0.5) is 0 Å². The van der Waals surface area contributed by atoms with Crippen LogP contribution in [0.15, 0.2) is 24.3 Å². The summed E-state index contributed by atoms with van der Waals surface area (Å²) in [5.74, 6) is 0.571. The first kappa shape index (κ1) is 16.6. The molecule has 0 aliphatic heterocycles. The van der Waals surface area contributed by atoms with Gasteiger partial charge in [0.2, 0.25) is 5.91 Å². The predicted octanol–water partition coefficient (Wildman–Crippen LogP) is 2.70. The molecule has 1 aromatic rings. The molecule has 1 amide bonds. The lowest BCUT2D eigenvalue weighted by atomic mass is 10.1. The summed E-state index contributed by atoms with van der Waals surface area (Å²) in [6.07, 6.45) is 1.02. The van der Waals surface area contributed by atoms with E-state index in [-0.39, 0.29) is 5.91 Å². The van der Waals surface area contributed by atoms with Crippen molar-refractivity contribution in [2.75, 3.05) is 13.1 Å². The highest BCUT2D eigenvalue weighted by molar-refractivity contribution is 7.80. The number of hydrogen-bond acceptors (Lipinski definition) is 2. The molecule has 0 aliphatic rings. The van der Waals surface area contributed by atoms with E-state index in [4.69, 9.17) is 18.0 Å². The summed E-state index contributed by atoms with van der Waals surface area (Å²) in [5, 5.41) is 0. The number of thiocarbonyl (C=S) groups is 1. The van der Waals surface area contributed by atoms with Gasteiger partial charge in [-0.3, -0.25) is 4.79 Å². The minimum absolute atomic E-state index is 0.138. The van der Waals surface area contributed by atoms with Gasteiger partial charge >= 0.3 is 0 Å². The Kier molecular flexibility index (Phi) is 6.65. The second kappa shape index (κ2) is 8.00. The number of nitrogens with zero attached hydrogens (tertiary/aromatic N) is 1. The van der Waals surface area contributed by atoms with Crippen molar-refractivity contribution in [2.45, 2.75) is 33.6 Å². The zero-order chi connectivity index (χ0) is 15.1. The smallest absolute Gasteiger partial charge is 0.227 e. The minimum Gasteiger partial charge on any atom is -0.393 e. The van der Waals surface area contributed by atoms with Crippen LogP contribution in [0, 0.1) is 12.8 Å². The quantitative estimate of drug-likeness (QED) is 0.786. The van der Waals surface area contributed by atoms with Crippen molar-refractivity contribution in [3.8, 4) is 0 Å². The zero-order valence-electron chi connectivity index (χ0n) is 12.6. The van der Waals surface area contributed by atoms with Crippen molar-refractivity contribution in [1.29, 1.82) is 0 Å². The van der Waals surface area contributed by atoms with Crippen molar-refractivity contribution in [1.82, 2.24) is 4.90 Å². The molecule has 20 heavy (non-hydrogen) atoms. The van der Waals surface area contributed by atoms with Crippen LogP contribution in [0.2, 0.25) is 0 Å². The maximum absolute atomic E-state index is 12.4. The molecule has 0 unspecified atom stereocenters. The molecule has 0 aromatic heterocycles. The van der Waals surface area contributed by atoms with Crippen LogP contribution in [-0.2, 0) is 11.2 Å². The maximum atomic E-state index is 12.4. The summed E-state index contributed by atoms with van der Waals surface area (Å²) in [6.45, 7) is 7.60. The molecule has 0 heterocycles. The molecule has 3 nitrogen and oxygen atoms in total. The SMILES string of the molecule is Cc1ccc(CC(=O)N(CCC(N)=S)CC(C)C)cc1. The van der Waals surface area contributed by atoms with Crippen molar-refractivity contribution >= 4 is 23.1 Å². The van der Waals surface area contributed by atoms with E-state index in [1.165, 1.54) is 5.56 Å². The van der Waals surface area contributed by atoms with Crippen LogP contribution in [0.1, 0.15) is 31.4 Å². The Morgan fingerprint density at radius 1 is 1.30 bits per heavy atom. The molecule has 0 aliphatic carbocycles. The molecule has 0 fully saturated rings. The third-order valence-electron chi connectivity index (χ3n) is 3.04. The molecule has 0 spiro atoms. The van der Waals surface area contributed by atoms with Gasteiger partial charge in [0.1, 0.15) is 0 Å². The van der Waals surface area contributed by atoms with Crippen LogP contribution >= 0.6 is 12.2 Å².